The Hall–Kier alpha value is -2.12. The lowest BCUT2D eigenvalue weighted by atomic mass is 9.81. The number of carbonyl (C=O) groups excluding carboxylic acids is 2. The maximum atomic E-state index is 12.3. The van der Waals surface area contributed by atoms with Crippen molar-refractivity contribution in [3.8, 4) is 11.8 Å². The molecule has 0 aromatic heterocycles. The first-order valence-corrected chi connectivity index (χ1v) is 6.90. The monoisotopic (exact) mass is 285 g/mol. The van der Waals surface area contributed by atoms with E-state index in [4.69, 9.17) is 5.11 Å². The minimum Gasteiger partial charge on any atom is -0.384 e. The van der Waals surface area contributed by atoms with Gasteiger partial charge in [0, 0.05) is 18.4 Å². The molecule has 0 bridgehead atoms. The first-order valence-electron chi connectivity index (χ1n) is 6.90. The van der Waals surface area contributed by atoms with Crippen LogP contribution in [0.2, 0.25) is 0 Å². The zero-order valence-corrected chi connectivity index (χ0v) is 12.6. The van der Waals surface area contributed by atoms with Gasteiger partial charge in [-0.25, -0.2) is 0 Å². The zero-order chi connectivity index (χ0) is 15.6. The van der Waals surface area contributed by atoms with E-state index in [1.807, 2.05) is 32.9 Å². The van der Waals surface area contributed by atoms with Crippen molar-refractivity contribution in [2.45, 2.75) is 33.6 Å². The van der Waals surface area contributed by atoms with Gasteiger partial charge in [-0.15, -0.1) is 0 Å². The van der Waals surface area contributed by atoms with E-state index in [2.05, 4.69) is 11.8 Å². The molecule has 4 nitrogen and oxygen atoms in total. The third kappa shape index (κ3) is 3.32. The summed E-state index contributed by atoms with van der Waals surface area (Å²) in [5.41, 5.74) is 1.83. The summed E-state index contributed by atoms with van der Waals surface area (Å²) in [6.07, 6.45) is 0.704. The summed E-state index contributed by atoms with van der Waals surface area (Å²) < 4.78 is 0. The van der Waals surface area contributed by atoms with Crippen LogP contribution in [-0.4, -0.2) is 23.5 Å². The molecule has 1 aliphatic heterocycles. The number of carbonyl (C=O) groups is 2. The van der Waals surface area contributed by atoms with Crippen molar-refractivity contribution in [2.75, 3.05) is 11.5 Å². The molecule has 2 amide bonds. The number of imide groups is 1. The second kappa shape index (κ2) is 5.71. The molecule has 1 aliphatic rings. The summed E-state index contributed by atoms with van der Waals surface area (Å²) in [7, 11) is 0. The Labute approximate surface area is 124 Å². The van der Waals surface area contributed by atoms with Crippen LogP contribution in [0, 0.1) is 24.2 Å². The van der Waals surface area contributed by atoms with Crippen molar-refractivity contribution >= 4 is 17.5 Å². The third-order valence-electron chi connectivity index (χ3n) is 3.52. The number of anilines is 1. The normalized spacial score (nSPS) is 17.4. The minimum atomic E-state index is -0.285. The molecule has 4 heteroatoms. The van der Waals surface area contributed by atoms with Crippen molar-refractivity contribution < 1.29 is 14.7 Å². The number of benzene rings is 1. The fourth-order valence-corrected chi connectivity index (χ4v) is 2.52. The van der Waals surface area contributed by atoms with E-state index < -0.39 is 0 Å². The molecule has 2 rings (SSSR count). The van der Waals surface area contributed by atoms with Gasteiger partial charge >= 0.3 is 0 Å². The number of aliphatic hydroxyl groups is 1. The van der Waals surface area contributed by atoms with Gasteiger partial charge in [-0.1, -0.05) is 31.8 Å². The predicted molar refractivity (Wildman–Crippen MR) is 80.7 cm³/mol. The maximum Gasteiger partial charge on any atom is 0.234 e. The van der Waals surface area contributed by atoms with E-state index in [0.717, 1.165) is 5.56 Å². The van der Waals surface area contributed by atoms with E-state index in [1.165, 1.54) is 4.90 Å². The van der Waals surface area contributed by atoms with Gasteiger partial charge in [0.25, 0.3) is 0 Å². The standard InChI is InChI=1S/C17H19NO3/c1-12-6-7-13(5-4-8-19)9-14(12)18-15(20)10-17(2,3)11-16(18)21/h6-7,9,19H,8,10-11H2,1-3H3. The number of rotatable bonds is 1. The van der Waals surface area contributed by atoms with E-state index >= 15 is 0 Å². The molecule has 1 aromatic rings. The highest BCUT2D eigenvalue weighted by Gasteiger charge is 2.38. The summed E-state index contributed by atoms with van der Waals surface area (Å²) in [5.74, 6) is 5.02. The number of amides is 2. The summed E-state index contributed by atoms with van der Waals surface area (Å²) in [6, 6.07) is 5.37. The van der Waals surface area contributed by atoms with Gasteiger partial charge in [0.05, 0.1) is 5.69 Å². The fraction of sp³-hybridized carbons (Fsp3) is 0.412. The zero-order valence-electron chi connectivity index (χ0n) is 12.6. The van der Waals surface area contributed by atoms with Crippen molar-refractivity contribution in [2.24, 2.45) is 5.41 Å². The second-order valence-corrected chi connectivity index (χ2v) is 6.10. The highest BCUT2D eigenvalue weighted by Crippen LogP contribution is 2.35. The second-order valence-electron chi connectivity index (χ2n) is 6.10. The summed E-state index contributed by atoms with van der Waals surface area (Å²) >= 11 is 0. The lowest BCUT2D eigenvalue weighted by Gasteiger charge is -2.35. The summed E-state index contributed by atoms with van der Waals surface area (Å²) in [4.78, 5) is 25.9. The molecule has 0 radical (unpaired) electrons. The third-order valence-corrected chi connectivity index (χ3v) is 3.52. The summed E-state index contributed by atoms with van der Waals surface area (Å²) in [6.45, 7) is 5.49. The van der Waals surface area contributed by atoms with Crippen molar-refractivity contribution in [1.29, 1.82) is 0 Å². The average molecular weight is 285 g/mol. The molecule has 0 atom stereocenters. The van der Waals surface area contributed by atoms with Gasteiger partial charge in [-0.05, 0) is 30.0 Å². The largest absolute Gasteiger partial charge is 0.384 e. The number of hydrogen-bond acceptors (Lipinski definition) is 3. The van der Waals surface area contributed by atoms with Crippen LogP contribution in [0.5, 0.6) is 0 Å². The maximum absolute atomic E-state index is 12.3. The number of hydrogen-bond donors (Lipinski definition) is 1. The Balaban J connectivity index is 2.41. The molecule has 0 aliphatic carbocycles. The topological polar surface area (TPSA) is 57.6 Å². The number of piperidine rings is 1. The van der Waals surface area contributed by atoms with E-state index in [1.54, 1.807) is 6.07 Å². The lowest BCUT2D eigenvalue weighted by Crippen LogP contribution is -2.46. The molecule has 1 aromatic carbocycles. The molecule has 21 heavy (non-hydrogen) atoms. The Morgan fingerprint density at radius 3 is 2.43 bits per heavy atom. The Morgan fingerprint density at radius 1 is 1.24 bits per heavy atom. The van der Waals surface area contributed by atoms with Gasteiger partial charge in [0.1, 0.15) is 6.61 Å². The highest BCUT2D eigenvalue weighted by molar-refractivity contribution is 6.17. The molecule has 0 spiro atoms. The Bertz CT molecular complexity index is 630. The molecule has 1 fully saturated rings. The van der Waals surface area contributed by atoms with Crippen LogP contribution in [0.1, 0.15) is 37.8 Å². The number of nitrogens with zero attached hydrogens (tertiary/aromatic N) is 1. The molecule has 110 valence electrons. The SMILES string of the molecule is Cc1ccc(C#CCO)cc1N1C(=O)CC(C)(C)CC1=O. The van der Waals surface area contributed by atoms with Crippen LogP contribution >= 0.6 is 0 Å². The van der Waals surface area contributed by atoms with Crippen LogP contribution < -0.4 is 4.90 Å². The molecular formula is C17H19NO3. The fourth-order valence-electron chi connectivity index (χ4n) is 2.52. The van der Waals surface area contributed by atoms with Gasteiger partial charge in [0.2, 0.25) is 11.8 Å². The molecule has 1 N–H and O–H groups in total. The van der Waals surface area contributed by atoms with E-state index in [0.29, 0.717) is 24.1 Å². The number of aliphatic hydroxyl groups excluding tert-OH is 1. The van der Waals surface area contributed by atoms with Crippen LogP contribution in [0.3, 0.4) is 0 Å². The summed E-state index contributed by atoms with van der Waals surface area (Å²) in [5, 5.41) is 8.75. The van der Waals surface area contributed by atoms with Gasteiger partial charge in [0.15, 0.2) is 0 Å². The first-order chi connectivity index (χ1) is 9.84. The van der Waals surface area contributed by atoms with Gasteiger partial charge < -0.3 is 5.11 Å². The predicted octanol–water partition coefficient (Wildman–Crippen LogP) is 2.02. The van der Waals surface area contributed by atoms with E-state index in [9.17, 15) is 9.59 Å². The van der Waals surface area contributed by atoms with Crippen LogP contribution in [-0.2, 0) is 9.59 Å². The highest BCUT2D eigenvalue weighted by atomic mass is 16.2. The van der Waals surface area contributed by atoms with Gasteiger partial charge in [-0.3, -0.25) is 14.5 Å². The van der Waals surface area contributed by atoms with Crippen molar-refractivity contribution in [3.63, 3.8) is 0 Å². The lowest BCUT2D eigenvalue weighted by molar-refractivity contribution is -0.132. The van der Waals surface area contributed by atoms with Crippen LogP contribution in [0.4, 0.5) is 5.69 Å². The van der Waals surface area contributed by atoms with Crippen LogP contribution in [0.25, 0.3) is 0 Å². The quantitative estimate of drug-likeness (QED) is 0.634. The molecule has 1 heterocycles. The Kier molecular flexibility index (Phi) is 4.15. The van der Waals surface area contributed by atoms with Crippen molar-refractivity contribution in [1.82, 2.24) is 0 Å². The smallest absolute Gasteiger partial charge is 0.234 e. The van der Waals surface area contributed by atoms with Gasteiger partial charge in [-0.2, -0.15) is 0 Å². The Morgan fingerprint density at radius 2 is 1.86 bits per heavy atom. The van der Waals surface area contributed by atoms with Crippen LogP contribution in [0.15, 0.2) is 18.2 Å². The molecule has 1 saturated heterocycles. The van der Waals surface area contributed by atoms with E-state index in [-0.39, 0.29) is 23.8 Å². The number of aryl methyl sites for hydroxylation is 1. The minimum absolute atomic E-state index is 0.174. The molecule has 0 unspecified atom stereocenters. The molecular weight excluding hydrogens is 266 g/mol. The molecule has 0 saturated carbocycles. The van der Waals surface area contributed by atoms with Crippen molar-refractivity contribution in [3.05, 3.63) is 29.3 Å². The average Bonchev–Trinajstić information content (AvgIpc) is 2.37. The first kappa shape index (κ1) is 15.3.